The van der Waals surface area contributed by atoms with Crippen LogP contribution in [0.1, 0.15) is 44.8 Å². The fourth-order valence-corrected chi connectivity index (χ4v) is 4.66. The maximum atomic E-state index is 12.8. The predicted molar refractivity (Wildman–Crippen MR) is 80.3 cm³/mol. The average molecular weight is 312 g/mol. The molecule has 3 rings (SSSR count). The molecule has 1 N–H and O–H groups in total. The van der Waals surface area contributed by atoms with Gasteiger partial charge in [0.25, 0.3) is 0 Å². The molecule has 2 unspecified atom stereocenters. The Balaban J connectivity index is 1.88. The molecule has 1 aliphatic carbocycles. The fraction of sp³-hybridized carbons (Fsp3) is 0.733. The van der Waals surface area contributed by atoms with Crippen LogP contribution in [0.3, 0.4) is 0 Å². The summed E-state index contributed by atoms with van der Waals surface area (Å²) in [4.78, 5) is 0.334. The van der Waals surface area contributed by atoms with Crippen LogP contribution in [0.5, 0.6) is 0 Å². The van der Waals surface area contributed by atoms with Crippen molar-refractivity contribution in [2.75, 3.05) is 13.1 Å². The zero-order valence-electron chi connectivity index (χ0n) is 12.7. The van der Waals surface area contributed by atoms with Crippen molar-refractivity contribution in [3.8, 4) is 0 Å². The molecule has 1 saturated heterocycles. The summed E-state index contributed by atoms with van der Waals surface area (Å²) in [5.41, 5.74) is 0.703. The Hall–Kier alpha value is -0.850. The molecular weight excluding hydrogens is 288 g/mol. The summed E-state index contributed by atoms with van der Waals surface area (Å²) in [6, 6.07) is 2.01. The number of sulfonamides is 1. The van der Waals surface area contributed by atoms with Gasteiger partial charge in [-0.15, -0.1) is 0 Å². The van der Waals surface area contributed by atoms with Crippen LogP contribution in [-0.2, 0) is 16.6 Å². The summed E-state index contributed by atoms with van der Waals surface area (Å²) in [5.74, 6) is 0.955. The Labute approximate surface area is 126 Å². The first kappa shape index (κ1) is 15.1. The molecule has 2 fully saturated rings. The highest BCUT2D eigenvalue weighted by atomic mass is 32.2. The Kier molecular flexibility index (Phi) is 3.88. The molecule has 2 atom stereocenters. The number of aromatic nitrogens is 1. The van der Waals surface area contributed by atoms with Gasteiger partial charge >= 0.3 is 0 Å². The van der Waals surface area contributed by atoms with Gasteiger partial charge in [-0.05, 0) is 37.2 Å². The number of piperidine rings is 1. The van der Waals surface area contributed by atoms with Crippen molar-refractivity contribution in [2.45, 2.75) is 50.7 Å². The van der Waals surface area contributed by atoms with E-state index in [0.29, 0.717) is 41.6 Å². The van der Waals surface area contributed by atoms with Gasteiger partial charge in [-0.2, -0.15) is 4.31 Å². The molecule has 118 valence electrons. The molecule has 6 heteroatoms. The normalized spacial score (nSPS) is 28.0. The lowest BCUT2D eigenvalue weighted by molar-refractivity contribution is 0.212. The summed E-state index contributed by atoms with van der Waals surface area (Å²) in [7, 11) is -3.43. The smallest absolute Gasteiger partial charge is 0.244 e. The Morgan fingerprint density at radius 2 is 1.95 bits per heavy atom. The molecule has 1 aromatic rings. The van der Waals surface area contributed by atoms with Crippen molar-refractivity contribution in [3.63, 3.8) is 0 Å². The minimum atomic E-state index is -3.43. The molecule has 2 heterocycles. The maximum Gasteiger partial charge on any atom is 0.244 e. The lowest BCUT2D eigenvalue weighted by Crippen LogP contribution is -2.42. The van der Waals surface area contributed by atoms with Crippen LogP contribution in [-0.4, -0.2) is 35.5 Å². The molecule has 0 amide bonds. The average Bonchev–Trinajstić information content (AvgIpc) is 3.20. The van der Waals surface area contributed by atoms with Crippen LogP contribution in [0.4, 0.5) is 0 Å². The summed E-state index contributed by atoms with van der Waals surface area (Å²) in [6.07, 6.45) is 4.76. The van der Waals surface area contributed by atoms with Crippen LogP contribution in [0.25, 0.3) is 0 Å². The summed E-state index contributed by atoms with van der Waals surface area (Å²) in [6.45, 7) is 5.37. The van der Waals surface area contributed by atoms with Crippen molar-refractivity contribution in [2.24, 2.45) is 11.8 Å². The van der Waals surface area contributed by atoms with Crippen LogP contribution in [0.2, 0.25) is 0 Å². The zero-order chi connectivity index (χ0) is 15.2. The Morgan fingerprint density at radius 1 is 1.24 bits per heavy atom. The summed E-state index contributed by atoms with van der Waals surface area (Å²) < 4.78 is 29.1. The quantitative estimate of drug-likeness (QED) is 0.925. The lowest BCUT2D eigenvalue weighted by Gasteiger charge is -2.34. The highest BCUT2D eigenvalue weighted by Gasteiger charge is 2.34. The Bertz CT molecular complexity index is 619. The van der Waals surface area contributed by atoms with Gasteiger partial charge in [0.05, 0.1) is 6.61 Å². The fourth-order valence-electron chi connectivity index (χ4n) is 3.05. The van der Waals surface area contributed by atoms with Crippen LogP contribution >= 0.6 is 0 Å². The number of aliphatic hydroxyl groups excluding tert-OH is 1. The second-order valence-electron chi connectivity index (χ2n) is 6.57. The van der Waals surface area contributed by atoms with E-state index in [1.54, 1.807) is 16.6 Å². The van der Waals surface area contributed by atoms with Gasteiger partial charge in [0.15, 0.2) is 0 Å². The minimum absolute atomic E-state index is 0.112. The monoisotopic (exact) mass is 312 g/mol. The van der Waals surface area contributed by atoms with Gasteiger partial charge in [-0.1, -0.05) is 13.8 Å². The first-order valence-electron chi connectivity index (χ1n) is 7.75. The highest BCUT2D eigenvalue weighted by molar-refractivity contribution is 7.89. The molecular formula is C15H24N2O3S. The summed E-state index contributed by atoms with van der Waals surface area (Å²) in [5, 5.41) is 9.43. The van der Waals surface area contributed by atoms with E-state index in [1.807, 2.05) is 4.57 Å². The molecule has 0 bridgehead atoms. The van der Waals surface area contributed by atoms with Gasteiger partial charge in [0.2, 0.25) is 10.0 Å². The Morgan fingerprint density at radius 3 is 2.52 bits per heavy atom. The molecule has 5 nitrogen and oxygen atoms in total. The number of rotatable bonds is 4. The third kappa shape index (κ3) is 2.76. The van der Waals surface area contributed by atoms with E-state index in [1.165, 1.54) is 0 Å². The minimum Gasteiger partial charge on any atom is -0.390 e. The van der Waals surface area contributed by atoms with E-state index >= 15 is 0 Å². The van der Waals surface area contributed by atoms with Crippen molar-refractivity contribution in [1.29, 1.82) is 0 Å². The van der Waals surface area contributed by atoms with Crippen molar-refractivity contribution in [1.82, 2.24) is 8.87 Å². The molecule has 0 spiro atoms. The van der Waals surface area contributed by atoms with E-state index in [4.69, 9.17) is 0 Å². The third-order valence-corrected chi connectivity index (χ3v) is 6.77. The molecule has 2 aliphatic rings. The van der Waals surface area contributed by atoms with Crippen LogP contribution in [0.15, 0.2) is 17.2 Å². The number of aliphatic hydroxyl groups is 1. The van der Waals surface area contributed by atoms with Gasteiger partial charge in [0, 0.05) is 31.0 Å². The molecule has 0 radical (unpaired) electrons. The number of hydrogen-bond acceptors (Lipinski definition) is 3. The van der Waals surface area contributed by atoms with E-state index in [9.17, 15) is 13.5 Å². The maximum absolute atomic E-state index is 12.8. The van der Waals surface area contributed by atoms with Crippen molar-refractivity contribution in [3.05, 3.63) is 18.0 Å². The SMILES string of the molecule is CC1CCN(S(=O)(=O)c2cc(CO)n(C3CC3)c2)CC1C. The van der Waals surface area contributed by atoms with Crippen molar-refractivity contribution < 1.29 is 13.5 Å². The van der Waals surface area contributed by atoms with Gasteiger partial charge < -0.3 is 9.67 Å². The molecule has 0 aromatic carbocycles. The molecule has 1 saturated carbocycles. The van der Waals surface area contributed by atoms with Crippen LogP contribution in [0, 0.1) is 11.8 Å². The summed E-state index contributed by atoms with van der Waals surface area (Å²) >= 11 is 0. The molecule has 1 aromatic heterocycles. The van der Waals surface area contributed by atoms with E-state index < -0.39 is 10.0 Å². The second-order valence-corrected chi connectivity index (χ2v) is 8.51. The molecule has 21 heavy (non-hydrogen) atoms. The van der Waals surface area contributed by atoms with Gasteiger partial charge in [-0.25, -0.2) is 8.42 Å². The third-order valence-electron chi connectivity index (χ3n) is 4.94. The largest absolute Gasteiger partial charge is 0.390 e. The zero-order valence-corrected chi connectivity index (χ0v) is 13.5. The predicted octanol–water partition coefficient (Wildman–Crippen LogP) is 1.98. The lowest BCUT2D eigenvalue weighted by atomic mass is 9.90. The number of hydrogen-bond donors (Lipinski definition) is 1. The van der Waals surface area contributed by atoms with Gasteiger partial charge in [0.1, 0.15) is 4.90 Å². The van der Waals surface area contributed by atoms with E-state index in [2.05, 4.69) is 13.8 Å². The first-order valence-corrected chi connectivity index (χ1v) is 9.19. The standard InChI is InChI=1S/C15H24N2O3S/c1-11-5-6-16(8-12(11)2)21(19,20)15-7-14(10-18)17(9-15)13-3-4-13/h7,9,11-13,18H,3-6,8,10H2,1-2H3. The van der Waals surface area contributed by atoms with Gasteiger partial charge in [-0.3, -0.25) is 0 Å². The van der Waals surface area contributed by atoms with E-state index in [0.717, 1.165) is 19.3 Å². The number of nitrogens with zero attached hydrogens (tertiary/aromatic N) is 2. The topological polar surface area (TPSA) is 62.5 Å². The first-order chi connectivity index (χ1) is 9.93. The molecule has 1 aliphatic heterocycles. The van der Waals surface area contributed by atoms with Crippen LogP contribution < -0.4 is 0 Å². The second kappa shape index (κ2) is 5.41. The highest BCUT2D eigenvalue weighted by Crippen LogP contribution is 2.38. The van der Waals surface area contributed by atoms with E-state index in [-0.39, 0.29) is 6.61 Å². The van der Waals surface area contributed by atoms with Crippen molar-refractivity contribution >= 4 is 10.0 Å².